The molecule has 0 amide bonds. The quantitative estimate of drug-likeness (QED) is 0.590. The second kappa shape index (κ2) is 6.44. The summed E-state index contributed by atoms with van der Waals surface area (Å²) in [7, 11) is 0. The number of nitriles is 1. The first-order chi connectivity index (χ1) is 9.96. The molecular formula is C17H23N3S. The number of benzene rings is 1. The van der Waals surface area contributed by atoms with Crippen molar-refractivity contribution in [2.45, 2.75) is 53.0 Å². The first-order valence-corrected chi connectivity index (χ1v) is 8.00. The molecule has 0 aliphatic heterocycles. The van der Waals surface area contributed by atoms with E-state index in [1.165, 1.54) is 25.7 Å². The maximum atomic E-state index is 9.08. The van der Waals surface area contributed by atoms with E-state index in [0.717, 1.165) is 22.3 Å². The molecule has 4 heteroatoms. The lowest BCUT2D eigenvalue weighted by Crippen LogP contribution is -2.19. The Morgan fingerprint density at radius 3 is 2.76 bits per heavy atom. The van der Waals surface area contributed by atoms with Gasteiger partial charge in [-0.25, -0.2) is 0 Å². The molecule has 0 unspecified atom stereocenters. The molecule has 0 aliphatic carbocycles. The molecule has 0 fully saturated rings. The second-order valence-corrected chi connectivity index (χ2v) is 6.87. The van der Waals surface area contributed by atoms with Gasteiger partial charge in [0, 0.05) is 6.54 Å². The molecule has 0 saturated carbocycles. The maximum absolute atomic E-state index is 9.08. The molecule has 1 aromatic heterocycles. The fourth-order valence-corrected chi connectivity index (χ4v) is 3.01. The third kappa shape index (κ3) is 3.74. The molecule has 112 valence electrons. The van der Waals surface area contributed by atoms with Crippen LogP contribution in [0.25, 0.3) is 11.0 Å². The summed E-state index contributed by atoms with van der Waals surface area (Å²) >= 11 is 5.46. The Bertz CT molecular complexity index is 716. The van der Waals surface area contributed by atoms with Gasteiger partial charge in [0.15, 0.2) is 4.77 Å². The van der Waals surface area contributed by atoms with Crippen LogP contribution in [-0.4, -0.2) is 9.55 Å². The largest absolute Gasteiger partial charge is 0.331 e. The van der Waals surface area contributed by atoms with Crippen LogP contribution < -0.4 is 0 Å². The van der Waals surface area contributed by atoms with Gasteiger partial charge in [0.25, 0.3) is 0 Å². The number of nitrogens with one attached hydrogen (secondary N) is 1. The summed E-state index contributed by atoms with van der Waals surface area (Å²) in [5.74, 6) is 0. The molecule has 0 aliphatic rings. The van der Waals surface area contributed by atoms with Crippen LogP contribution in [0.3, 0.4) is 0 Å². The predicted molar refractivity (Wildman–Crippen MR) is 89.8 cm³/mol. The van der Waals surface area contributed by atoms with Crippen LogP contribution in [-0.2, 0) is 6.54 Å². The second-order valence-electron chi connectivity index (χ2n) is 6.48. The highest BCUT2D eigenvalue weighted by Crippen LogP contribution is 2.28. The van der Waals surface area contributed by atoms with Gasteiger partial charge < -0.3 is 9.55 Å². The summed E-state index contributed by atoms with van der Waals surface area (Å²) in [6, 6.07) is 7.88. The number of rotatable bonds is 6. The minimum absolute atomic E-state index is 0.200. The van der Waals surface area contributed by atoms with Crippen LogP contribution in [0.2, 0.25) is 0 Å². The van der Waals surface area contributed by atoms with Gasteiger partial charge in [-0.1, -0.05) is 40.0 Å². The molecule has 0 atom stereocenters. The number of hydrogen-bond donors (Lipinski definition) is 1. The number of imidazole rings is 1. The zero-order valence-corrected chi connectivity index (χ0v) is 13.9. The van der Waals surface area contributed by atoms with Crippen molar-refractivity contribution < 1.29 is 0 Å². The third-order valence-corrected chi connectivity index (χ3v) is 4.27. The van der Waals surface area contributed by atoms with Gasteiger partial charge in [-0.2, -0.15) is 5.26 Å². The molecule has 0 bridgehead atoms. The highest BCUT2D eigenvalue weighted by atomic mass is 32.1. The summed E-state index contributed by atoms with van der Waals surface area (Å²) in [6.07, 6.45) is 4.96. The number of fused-ring (bicyclic) bond motifs is 1. The lowest BCUT2D eigenvalue weighted by molar-refractivity contribution is 0.273. The van der Waals surface area contributed by atoms with Crippen molar-refractivity contribution in [2.75, 3.05) is 0 Å². The van der Waals surface area contributed by atoms with E-state index in [4.69, 9.17) is 17.5 Å². The van der Waals surface area contributed by atoms with E-state index in [2.05, 4.69) is 36.4 Å². The number of nitrogens with zero attached hydrogens (tertiary/aromatic N) is 2. The van der Waals surface area contributed by atoms with E-state index >= 15 is 0 Å². The molecular weight excluding hydrogens is 278 g/mol. The van der Waals surface area contributed by atoms with Crippen molar-refractivity contribution in [3.63, 3.8) is 0 Å². The fraction of sp³-hybridized carbons (Fsp3) is 0.529. The van der Waals surface area contributed by atoms with Gasteiger partial charge in [0.2, 0.25) is 0 Å². The van der Waals surface area contributed by atoms with E-state index in [-0.39, 0.29) is 5.41 Å². The third-order valence-electron chi connectivity index (χ3n) is 3.95. The van der Waals surface area contributed by atoms with E-state index in [9.17, 15) is 0 Å². The van der Waals surface area contributed by atoms with Crippen molar-refractivity contribution in [2.24, 2.45) is 5.41 Å². The Balaban J connectivity index is 2.31. The maximum Gasteiger partial charge on any atom is 0.178 e. The molecule has 21 heavy (non-hydrogen) atoms. The highest BCUT2D eigenvalue weighted by Gasteiger charge is 2.20. The van der Waals surface area contributed by atoms with Crippen molar-refractivity contribution in [3.8, 4) is 6.07 Å². The molecule has 2 aromatic rings. The molecule has 3 nitrogen and oxygen atoms in total. The van der Waals surface area contributed by atoms with Gasteiger partial charge in [-0.15, -0.1) is 0 Å². The molecule has 0 spiro atoms. The highest BCUT2D eigenvalue weighted by molar-refractivity contribution is 7.71. The number of hydrogen-bond acceptors (Lipinski definition) is 2. The first-order valence-electron chi connectivity index (χ1n) is 7.59. The summed E-state index contributed by atoms with van der Waals surface area (Å²) in [5.41, 5.74) is 2.91. The predicted octanol–water partition coefficient (Wildman–Crippen LogP) is 5.18. The van der Waals surface area contributed by atoms with E-state index in [0.29, 0.717) is 5.56 Å². The number of unbranched alkanes of at least 4 members (excludes halogenated alkanes) is 2. The van der Waals surface area contributed by atoms with Crippen molar-refractivity contribution in [1.29, 1.82) is 5.26 Å². The van der Waals surface area contributed by atoms with Gasteiger partial charge >= 0.3 is 0 Å². The van der Waals surface area contributed by atoms with E-state index < -0.39 is 0 Å². The summed E-state index contributed by atoms with van der Waals surface area (Å²) in [4.78, 5) is 3.24. The molecule has 1 heterocycles. The van der Waals surface area contributed by atoms with Crippen LogP contribution in [0, 0.1) is 21.5 Å². The summed E-state index contributed by atoms with van der Waals surface area (Å²) in [5, 5.41) is 9.08. The van der Waals surface area contributed by atoms with Crippen molar-refractivity contribution in [3.05, 3.63) is 28.5 Å². The zero-order chi connectivity index (χ0) is 15.5. The van der Waals surface area contributed by atoms with Crippen molar-refractivity contribution in [1.82, 2.24) is 9.55 Å². The average Bonchev–Trinajstić information content (AvgIpc) is 2.74. The topological polar surface area (TPSA) is 44.5 Å². The normalized spacial score (nSPS) is 11.7. The minimum atomic E-state index is 0.200. The Morgan fingerprint density at radius 1 is 1.33 bits per heavy atom. The van der Waals surface area contributed by atoms with Crippen LogP contribution >= 0.6 is 12.2 Å². The number of aromatic nitrogens is 2. The minimum Gasteiger partial charge on any atom is -0.331 e. The number of aromatic amines is 1. The standard InChI is InChI=1S/C17H23N3S/c1-4-5-6-9-17(2,3)12-20-15-10-13(11-18)7-8-14(15)19-16(20)21/h7-8,10H,4-6,9,12H2,1-3H3,(H,19,21). The van der Waals surface area contributed by atoms with E-state index in [1.54, 1.807) is 0 Å². The van der Waals surface area contributed by atoms with Crippen LogP contribution in [0.5, 0.6) is 0 Å². The first kappa shape index (κ1) is 15.8. The fourth-order valence-electron chi connectivity index (χ4n) is 2.74. The monoisotopic (exact) mass is 301 g/mol. The SMILES string of the molecule is CCCCCC(C)(C)Cn1c(=S)[nH]c2ccc(C#N)cc21. The lowest BCUT2D eigenvalue weighted by atomic mass is 9.86. The van der Waals surface area contributed by atoms with Gasteiger partial charge in [0.1, 0.15) is 0 Å². The molecule has 0 radical (unpaired) electrons. The summed E-state index contributed by atoms with van der Waals surface area (Å²) in [6.45, 7) is 7.69. The smallest absolute Gasteiger partial charge is 0.178 e. The van der Waals surface area contributed by atoms with E-state index in [1.807, 2.05) is 18.2 Å². The van der Waals surface area contributed by atoms with Gasteiger partial charge in [-0.05, 0) is 42.3 Å². The number of H-pyrrole nitrogens is 1. The zero-order valence-electron chi connectivity index (χ0n) is 13.1. The lowest BCUT2D eigenvalue weighted by Gasteiger charge is -2.25. The molecule has 1 aromatic carbocycles. The molecule has 2 rings (SSSR count). The summed E-state index contributed by atoms with van der Waals surface area (Å²) < 4.78 is 2.88. The molecule has 1 N–H and O–H groups in total. The molecule has 0 saturated heterocycles. The Morgan fingerprint density at radius 2 is 2.10 bits per heavy atom. The Kier molecular flexibility index (Phi) is 4.84. The van der Waals surface area contributed by atoms with Gasteiger partial charge in [0.05, 0.1) is 22.7 Å². The van der Waals surface area contributed by atoms with Crippen LogP contribution in [0.15, 0.2) is 18.2 Å². The Hall–Kier alpha value is -1.60. The van der Waals surface area contributed by atoms with Crippen LogP contribution in [0.1, 0.15) is 52.0 Å². The van der Waals surface area contributed by atoms with Crippen LogP contribution in [0.4, 0.5) is 0 Å². The van der Waals surface area contributed by atoms with Gasteiger partial charge in [-0.3, -0.25) is 0 Å². The Labute approximate surface area is 131 Å². The average molecular weight is 301 g/mol. The van der Waals surface area contributed by atoms with Crippen molar-refractivity contribution >= 4 is 23.3 Å².